The highest BCUT2D eigenvalue weighted by Crippen LogP contribution is 2.37. The number of hydrogen-bond acceptors (Lipinski definition) is 3. The van der Waals surface area contributed by atoms with Gasteiger partial charge < -0.3 is 5.32 Å². The summed E-state index contributed by atoms with van der Waals surface area (Å²) in [5.41, 5.74) is 0.636. The van der Waals surface area contributed by atoms with Crippen molar-refractivity contribution in [2.75, 3.05) is 5.32 Å². The second kappa shape index (κ2) is 5.34. The smallest absolute Gasteiger partial charge is 0.232 e. The Hall–Kier alpha value is -1.13. The zero-order valence-electron chi connectivity index (χ0n) is 11.4. The van der Waals surface area contributed by atoms with Crippen LogP contribution in [0.15, 0.2) is 18.2 Å². The van der Waals surface area contributed by atoms with Gasteiger partial charge in [0.2, 0.25) is 5.91 Å². The van der Waals surface area contributed by atoms with Crippen LogP contribution < -0.4 is 5.32 Å². The summed E-state index contributed by atoms with van der Waals surface area (Å²) in [4.78, 5) is 16.9. The average molecular weight is 309 g/mol. The van der Waals surface area contributed by atoms with Crippen LogP contribution in [0, 0.1) is 5.41 Å². The molecule has 1 aromatic heterocycles. The molecule has 3 nitrogen and oxygen atoms in total. The van der Waals surface area contributed by atoms with Crippen molar-refractivity contribution in [1.29, 1.82) is 0 Å². The monoisotopic (exact) mass is 308 g/mol. The highest BCUT2D eigenvalue weighted by molar-refractivity contribution is 7.22. The Morgan fingerprint density at radius 3 is 2.85 bits per heavy atom. The van der Waals surface area contributed by atoms with Crippen LogP contribution in [0.1, 0.15) is 39.0 Å². The SMILES string of the molecule is CC1(C(=O)Nc2nc3ccc(Cl)cc3s2)CCCCC1. The number of thiazole rings is 1. The summed E-state index contributed by atoms with van der Waals surface area (Å²) >= 11 is 7.44. The molecular formula is C15H17ClN2OS. The number of hydrogen-bond donors (Lipinski definition) is 1. The Labute approximate surface area is 127 Å². The zero-order chi connectivity index (χ0) is 14.2. The third kappa shape index (κ3) is 2.67. The molecule has 0 aliphatic heterocycles. The van der Waals surface area contributed by atoms with Gasteiger partial charge >= 0.3 is 0 Å². The summed E-state index contributed by atoms with van der Waals surface area (Å²) in [6, 6.07) is 5.58. The van der Waals surface area contributed by atoms with Crippen LogP contribution in [-0.4, -0.2) is 10.9 Å². The molecule has 3 rings (SSSR count). The summed E-state index contributed by atoms with van der Waals surface area (Å²) in [6.45, 7) is 2.06. The number of nitrogens with one attached hydrogen (secondary N) is 1. The predicted octanol–water partition coefficient (Wildman–Crippen LogP) is 4.86. The molecule has 20 heavy (non-hydrogen) atoms. The van der Waals surface area contributed by atoms with Gasteiger partial charge in [0.15, 0.2) is 5.13 Å². The maximum atomic E-state index is 12.5. The number of carbonyl (C=O) groups is 1. The van der Waals surface area contributed by atoms with E-state index in [1.807, 2.05) is 18.2 Å². The number of carbonyl (C=O) groups excluding carboxylic acids is 1. The van der Waals surface area contributed by atoms with Gasteiger partial charge in [0.25, 0.3) is 0 Å². The molecule has 0 atom stereocenters. The first-order valence-electron chi connectivity index (χ1n) is 6.94. The summed E-state index contributed by atoms with van der Waals surface area (Å²) in [5, 5.41) is 4.35. The third-order valence-electron chi connectivity index (χ3n) is 4.08. The van der Waals surface area contributed by atoms with Crippen LogP contribution in [0.2, 0.25) is 5.02 Å². The molecule has 0 unspecified atom stereocenters. The molecule has 1 fully saturated rings. The van der Waals surface area contributed by atoms with Gasteiger partial charge in [-0.1, -0.05) is 49.1 Å². The van der Waals surface area contributed by atoms with Crippen molar-refractivity contribution in [3.05, 3.63) is 23.2 Å². The molecule has 5 heteroatoms. The van der Waals surface area contributed by atoms with Crippen LogP contribution in [0.5, 0.6) is 0 Å². The van der Waals surface area contributed by atoms with Gasteiger partial charge in [0.1, 0.15) is 0 Å². The lowest BCUT2D eigenvalue weighted by atomic mass is 9.75. The van der Waals surface area contributed by atoms with E-state index in [0.29, 0.717) is 10.2 Å². The Kier molecular flexibility index (Phi) is 3.69. The fourth-order valence-corrected chi connectivity index (χ4v) is 3.90. The molecule has 0 saturated heterocycles. The van der Waals surface area contributed by atoms with Crippen LogP contribution in [0.4, 0.5) is 5.13 Å². The minimum Gasteiger partial charge on any atom is -0.301 e. The maximum absolute atomic E-state index is 12.5. The highest BCUT2D eigenvalue weighted by atomic mass is 35.5. The number of anilines is 1. The van der Waals surface area contributed by atoms with E-state index in [-0.39, 0.29) is 11.3 Å². The topological polar surface area (TPSA) is 42.0 Å². The molecule has 1 heterocycles. The van der Waals surface area contributed by atoms with Crippen LogP contribution in [0.25, 0.3) is 10.2 Å². The van der Waals surface area contributed by atoms with Gasteiger partial charge in [-0.05, 0) is 31.0 Å². The first kappa shape index (κ1) is 13.8. The molecular weight excluding hydrogens is 292 g/mol. The van der Waals surface area contributed by atoms with E-state index in [1.165, 1.54) is 17.8 Å². The fourth-order valence-electron chi connectivity index (χ4n) is 2.76. The van der Waals surface area contributed by atoms with Gasteiger partial charge in [-0.2, -0.15) is 0 Å². The van der Waals surface area contributed by atoms with Crippen molar-refractivity contribution in [3.63, 3.8) is 0 Å². The van der Waals surface area contributed by atoms with E-state index in [4.69, 9.17) is 11.6 Å². The summed E-state index contributed by atoms with van der Waals surface area (Å²) in [5.74, 6) is 0.0994. The molecule has 1 N–H and O–H groups in total. The molecule has 0 radical (unpaired) electrons. The number of fused-ring (bicyclic) bond motifs is 1. The standard InChI is InChI=1S/C15H17ClN2OS/c1-15(7-3-2-4-8-15)13(19)18-14-17-11-6-5-10(16)9-12(11)20-14/h5-6,9H,2-4,7-8H2,1H3,(H,17,18,19). The van der Waals surface area contributed by atoms with Gasteiger partial charge in [0.05, 0.1) is 10.2 Å². The molecule has 0 bridgehead atoms. The maximum Gasteiger partial charge on any atom is 0.232 e. The molecule has 2 aromatic rings. The number of amides is 1. The number of nitrogens with zero attached hydrogens (tertiary/aromatic N) is 1. The van der Waals surface area contributed by atoms with Crippen molar-refractivity contribution < 1.29 is 4.79 Å². The van der Waals surface area contributed by atoms with Crippen molar-refractivity contribution in [2.24, 2.45) is 5.41 Å². The highest BCUT2D eigenvalue weighted by Gasteiger charge is 2.34. The normalized spacial score (nSPS) is 18.1. The Morgan fingerprint density at radius 1 is 1.35 bits per heavy atom. The number of aromatic nitrogens is 1. The van der Waals surface area contributed by atoms with Crippen molar-refractivity contribution in [1.82, 2.24) is 4.98 Å². The van der Waals surface area contributed by atoms with Crippen molar-refractivity contribution in [3.8, 4) is 0 Å². The van der Waals surface area contributed by atoms with Gasteiger partial charge in [-0.3, -0.25) is 4.79 Å². The van der Waals surface area contributed by atoms with Crippen molar-refractivity contribution >= 4 is 44.2 Å². The van der Waals surface area contributed by atoms with Gasteiger partial charge in [-0.15, -0.1) is 0 Å². The van der Waals surface area contributed by atoms with E-state index in [0.717, 1.165) is 35.9 Å². The second-order valence-corrected chi connectivity index (χ2v) is 7.17. The first-order chi connectivity index (χ1) is 9.57. The van der Waals surface area contributed by atoms with Gasteiger partial charge in [-0.25, -0.2) is 4.98 Å². The lowest BCUT2D eigenvalue weighted by molar-refractivity contribution is -0.126. The molecule has 1 aromatic carbocycles. The van der Waals surface area contributed by atoms with Crippen LogP contribution in [0.3, 0.4) is 0 Å². The van der Waals surface area contributed by atoms with Crippen LogP contribution >= 0.6 is 22.9 Å². The lowest BCUT2D eigenvalue weighted by Gasteiger charge is -2.31. The first-order valence-corrected chi connectivity index (χ1v) is 8.14. The van der Waals surface area contributed by atoms with E-state index < -0.39 is 0 Å². The minimum absolute atomic E-state index is 0.0994. The lowest BCUT2D eigenvalue weighted by Crippen LogP contribution is -2.35. The Balaban J connectivity index is 1.80. The van der Waals surface area contributed by atoms with Crippen molar-refractivity contribution in [2.45, 2.75) is 39.0 Å². The second-order valence-electron chi connectivity index (χ2n) is 5.71. The number of halogens is 1. The Morgan fingerprint density at radius 2 is 2.10 bits per heavy atom. The minimum atomic E-state index is -0.242. The quantitative estimate of drug-likeness (QED) is 0.861. The molecule has 1 amide bonds. The summed E-state index contributed by atoms with van der Waals surface area (Å²) < 4.78 is 1.00. The number of benzene rings is 1. The largest absolute Gasteiger partial charge is 0.301 e. The molecule has 1 aliphatic rings. The molecule has 1 aliphatic carbocycles. The number of rotatable bonds is 2. The molecule has 0 spiro atoms. The fraction of sp³-hybridized carbons (Fsp3) is 0.467. The summed E-state index contributed by atoms with van der Waals surface area (Å²) in [6.07, 6.45) is 5.45. The zero-order valence-corrected chi connectivity index (χ0v) is 13.0. The molecule has 106 valence electrons. The average Bonchev–Trinajstić information content (AvgIpc) is 2.81. The van der Waals surface area contributed by atoms with E-state index in [9.17, 15) is 4.79 Å². The summed E-state index contributed by atoms with van der Waals surface area (Å²) in [7, 11) is 0. The van der Waals surface area contributed by atoms with E-state index in [2.05, 4.69) is 17.2 Å². The molecule has 1 saturated carbocycles. The van der Waals surface area contributed by atoms with Crippen LogP contribution in [-0.2, 0) is 4.79 Å². The van der Waals surface area contributed by atoms with E-state index >= 15 is 0 Å². The predicted molar refractivity (Wildman–Crippen MR) is 84.5 cm³/mol. The van der Waals surface area contributed by atoms with Gasteiger partial charge in [0, 0.05) is 10.4 Å². The Bertz CT molecular complexity index is 646. The van der Waals surface area contributed by atoms with E-state index in [1.54, 1.807) is 0 Å². The third-order valence-corrected chi connectivity index (χ3v) is 5.24.